The summed E-state index contributed by atoms with van der Waals surface area (Å²) in [6, 6.07) is 7.19. The molecule has 4 rings (SSSR count). The fraction of sp³-hybridized carbons (Fsp3) is 0.435. The van der Waals surface area contributed by atoms with Crippen molar-refractivity contribution in [1.29, 1.82) is 0 Å². The maximum atomic E-state index is 13.8. The average molecular weight is 429 g/mol. The van der Waals surface area contributed by atoms with Gasteiger partial charge >= 0.3 is 0 Å². The van der Waals surface area contributed by atoms with E-state index in [4.69, 9.17) is 4.74 Å². The smallest absolute Gasteiger partial charge is 0.257 e. The van der Waals surface area contributed by atoms with E-state index in [1.165, 1.54) is 4.90 Å². The van der Waals surface area contributed by atoms with Gasteiger partial charge in [0.05, 0.1) is 18.8 Å². The summed E-state index contributed by atoms with van der Waals surface area (Å²) in [4.78, 5) is 32.0. The van der Waals surface area contributed by atoms with Gasteiger partial charge in [-0.1, -0.05) is 13.0 Å². The van der Waals surface area contributed by atoms with Gasteiger partial charge in [-0.15, -0.1) is 0 Å². The second kappa shape index (κ2) is 8.70. The molecular weight excluding hydrogens is 404 g/mol. The maximum Gasteiger partial charge on any atom is 0.257 e. The number of ether oxygens (including phenoxy) is 1. The van der Waals surface area contributed by atoms with E-state index in [9.17, 15) is 18.4 Å². The Morgan fingerprint density at radius 2 is 1.90 bits per heavy atom. The van der Waals surface area contributed by atoms with Crippen molar-refractivity contribution >= 4 is 11.8 Å². The molecule has 1 aliphatic carbocycles. The van der Waals surface area contributed by atoms with E-state index < -0.39 is 29.3 Å². The fourth-order valence-corrected chi connectivity index (χ4v) is 4.39. The third-order valence-electron chi connectivity index (χ3n) is 6.12. The second-order valence-corrected chi connectivity index (χ2v) is 8.33. The SMILES string of the molecule is CC1CCC2(CC1)OC[C@@H](C(=O)NCc1ccccn1)N2C(=O)c1cc(F)cc(F)c1. The van der Waals surface area contributed by atoms with Crippen LogP contribution in [0.25, 0.3) is 0 Å². The number of halogens is 2. The zero-order chi connectivity index (χ0) is 22.0. The van der Waals surface area contributed by atoms with Crippen LogP contribution in [0.4, 0.5) is 8.78 Å². The van der Waals surface area contributed by atoms with Crippen LogP contribution in [0.3, 0.4) is 0 Å². The number of nitrogens with one attached hydrogen (secondary N) is 1. The molecule has 0 radical (unpaired) electrons. The molecule has 1 aromatic carbocycles. The minimum Gasteiger partial charge on any atom is -0.353 e. The van der Waals surface area contributed by atoms with E-state index >= 15 is 0 Å². The number of carbonyl (C=O) groups excluding carboxylic acids is 2. The fourth-order valence-electron chi connectivity index (χ4n) is 4.39. The Morgan fingerprint density at radius 1 is 1.19 bits per heavy atom. The first-order valence-electron chi connectivity index (χ1n) is 10.5. The van der Waals surface area contributed by atoms with E-state index in [0.717, 1.165) is 25.0 Å². The lowest BCUT2D eigenvalue weighted by Crippen LogP contribution is -2.56. The largest absolute Gasteiger partial charge is 0.353 e. The van der Waals surface area contributed by atoms with Crippen LogP contribution in [0.5, 0.6) is 0 Å². The van der Waals surface area contributed by atoms with E-state index in [-0.39, 0.29) is 24.6 Å². The van der Waals surface area contributed by atoms with Gasteiger partial charge in [-0.05, 0) is 55.9 Å². The first-order chi connectivity index (χ1) is 14.9. The van der Waals surface area contributed by atoms with Gasteiger partial charge in [0.2, 0.25) is 5.91 Å². The molecule has 164 valence electrons. The van der Waals surface area contributed by atoms with E-state index in [2.05, 4.69) is 17.2 Å². The van der Waals surface area contributed by atoms with Crippen LogP contribution in [0, 0.1) is 17.6 Å². The molecule has 8 heteroatoms. The first-order valence-corrected chi connectivity index (χ1v) is 10.5. The van der Waals surface area contributed by atoms with Crippen molar-refractivity contribution in [3.63, 3.8) is 0 Å². The van der Waals surface area contributed by atoms with Gasteiger partial charge in [0.25, 0.3) is 5.91 Å². The predicted molar refractivity (Wildman–Crippen MR) is 109 cm³/mol. The number of aromatic nitrogens is 1. The quantitative estimate of drug-likeness (QED) is 0.809. The van der Waals surface area contributed by atoms with Gasteiger partial charge in [-0.2, -0.15) is 0 Å². The van der Waals surface area contributed by atoms with Gasteiger partial charge in [-0.25, -0.2) is 8.78 Å². The monoisotopic (exact) mass is 429 g/mol. The molecule has 1 atom stereocenters. The van der Waals surface area contributed by atoms with Gasteiger partial charge in [0, 0.05) is 17.8 Å². The second-order valence-electron chi connectivity index (χ2n) is 8.33. The molecule has 6 nitrogen and oxygen atoms in total. The van der Waals surface area contributed by atoms with Crippen molar-refractivity contribution in [2.45, 2.75) is 50.9 Å². The summed E-state index contributed by atoms with van der Waals surface area (Å²) in [7, 11) is 0. The van der Waals surface area contributed by atoms with Gasteiger partial charge in [0.15, 0.2) is 0 Å². The Bertz CT molecular complexity index is 942. The minimum atomic E-state index is -0.945. The Morgan fingerprint density at radius 3 is 2.55 bits per heavy atom. The molecule has 2 aromatic rings. The Kier molecular flexibility index (Phi) is 6.00. The lowest BCUT2D eigenvalue weighted by Gasteiger charge is -2.43. The van der Waals surface area contributed by atoms with Gasteiger partial charge in [0.1, 0.15) is 23.4 Å². The van der Waals surface area contributed by atoms with E-state index in [1.54, 1.807) is 18.3 Å². The van der Waals surface area contributed by atoms with E-state index in [1.807, 2.05) is 6.07 Å². The first kappa shape index (κ1) is 21.4. The summed E-state index contributed by atoms with van der Waals surface area (Å²) >= 11 is 0. The molecular formula is C23H25F2N3O3. The predicted octanol–water partition coefficient (Wildman–Crippen LogP) is 3.42. The molecule has 2 fully saturated rings. The summed E-state index contributed by atoms with van der Waals surface area (Å²) in [5, 5.41) is 2.81. The normalized spacial score (nSPS) is 25.6. The van der Waals surface area contributed by atoms with Crippen molar-refractivity contribution in [1.82, 2.24) is 15.2 Å². The van der Waals surface area contributed by atoms with Crippen LogP contribution < -0.4 is 5.32 Å². The third-order valence-corrected chi connectivity index (χ3v) is 6.12. The summed E-state index contributed by atoms with van der Waals surface area (Å²) in [5.74, 6) is -2.19. The maximum absolute atomic E-state index is 13.8. The molecule has 1 N–H and O–H groups in total. The number of amides is 2. The highest BCUT2D eigenvalue weighted by Crippen LogP contribution is 2.43. The molecule has 1 spiro atoms. The highest BCUT2D eigenvalue weighted by Gasteiger charge is 2.53. The van der Waals surface area contributed by atoms with Crippen molar-refractivity contribution in [3.8, 4) is 0 Å². The Hall–Kier alpha value is -2.87. The number of benzene rings is 1. The summed E-state index contributed by atoms with van der Waals surface area (Å²) in [5.41, 5.74) is -0.399. The van der Waals surface area contributed by atoms with Crippen LogP contribution >= 0.6 is 0 Å². The zero-order valence-electron chi connectivity index (χ0n) is 17.3. The molecule has 0 bridgehead atoms. The summed E-state index contributed by atoms with van der Waals surface area (Å²) in [6.45, 7) is 2.37. The highest BCUT2D eigenvalue weighted by molar-refractivity contribution is 5.98. The highest BCUT2D eigenvalue weighted by atomic mass is 19.1. The number of hydrogen-bond donors (Lipinski definition) is 1. The minimum absolute atomic E-state index is 0.0337. The molecule has 0 unspecified atom stereocenters. The number of carbonyl (C=O) groups is 2. The van der Waals surface area contributed by atoms with Crippen molar-refractivity contribution in [3.05, 3.63) is 65.5 Å². The molecule has 2 amide bonds. The van der Waals surface area contributed by atoms with Crippen LogP contribution in [-0.2, 0) is 16.1 Å². The number of nitrogens with zero attached hydrogens (tertiary/aromatic N) is 2. The number of pyridine rings is 1. The summed E-state index contributed by atoms with van der Waals surface area (Å²) < 4.78 is 33.7. The van der Waals surface area contributed by atoms with Crippen LogP contribution in [0.2, 0.25) is 0 Å². The van der Waals surface area contributed by atoms with Crippen LogP contribution in [-0.4, -0.2) is 40.1 Å². The van der Waals surface area contributed by atoms with Crippen molar-refractivity contribution in [2.75, 3.05) is 6.61 Å². The van der Waals surface area contributed by atoms with Gasteiger partial charge < -0.3 is 10.1 Å². The third kappa shape index (κ3) is 4.44. The Labute approximate surface area is 179 Å². The van der Waals surface area contributed by atoms with Crippen molar-refractivity contribution in [2.24, 2.45) is 5.92 Å². The molecule has 1 aliphatic heterocycles. The summed E-state index contributed by atoms with van der Waals surface area (Å²) in [6.07, 6.45) is 4.45. The van der Waals surface area contributed by atoms with Crippen molar-refractivity contribution < 1.29 is 23.1 Å². The molecule has 31 heavy (non-hydrogen) atoms. The molecule has 1 saturated heterocycles. The zero-order valence-corrected chi connectivity index (χ0v) is 17.3. The average Bonchev–Trinajstić information content (AvgIpc) is 3.12. The molecule has 2 heterocycles. The number of rotatable bonds is 4. The molecule has 1 aromatic heterocycles. The molecule has 1 saturated carbocycles. The lowest BCUT2D eigenvalue weighted by atomic mass is 9.83. The van der Waals surface area contributed by atoms with E-state index in [0.29, 0.717) is 30.5 Å². The standard InChI is InChI=1S/C23H25F2N3O3/c1-15-5-7-23(8-6-15)28(22(30)16-10-17(24)12-18(25)11-16)20(14-31-23)21(29)27-13-19-4-2-3-9-26-19/h2-4,9-12,15,20H,5-8,13-14H2,1H3,(H,27,29)/t15?,20-,23?/m0/s1. The van der Waals surface area contributed by atoms with Crippen LogP contribution in [0.1, 0.15) is 48.7 Å². The van der Waals surface area contributed by atoms with Gasteiger partial charge in [-0.3, -0.25) is 19.5 Å². The lowest BCUT2D eigenvalue weighted by molar-refractivity contribution is -0.128. The topological polar surface area (TPSA) is 71.5 Å². The molecule has 2 aliphatic rings. The Balaban J connectivity index is 1.60. The number of hydrogen-bond acceptors (Lipinski definition) is 4. The van der Waals surface area contributed by atoms with Crippen LogP contribution in [0.15, 0.2) is 42.6 Å².